The van der Waals surface area contributed by atoms with Gasteiger partial charge in [0, 0.05) is 0 Å². The molecule has 0 atom stereocenters. The Hall–Kier alpha value is -0.183. The van der Waals surface area contributed by atoms with E-state index in [9.17, 15) is 0 Å². The van der Waals surface area contributed by atoms with Crippen molar-refractivity contribution in [1.29, 1.82) is 0 Å². The van der Waals surface area contributed by atoms with E-state index in [1.807, 2.05) is 19.1 Å². The summed E-state index contributed by atoms with van der Waals surface area (Å²) in [6, 6.07) is 0. The maximum atomic E-state index is 3.36. The number of hydrogen-bond donors (Lipinski definition) is 0. The molecule has 0 unspecified atom stereocenters. The summed E-state index contributed by atoms with van der Waals surface area (Å²) < 4.78 is 0. The van der Waals surface area contributed by atoms with Crippen molar-refractivity contribution in [1.82, 2.24) is 0 Å². The van der Waals surface area contributed by atoms with Gasteiger partial charge in [0.2, 0.25) is 0 Å². The summed E-state index contributed by atoms with van der Waals surface area (Å²) in [5.41, 5.74) is 0. The van der Waals surface area contributed by atoms with Crippen molar-refractivity contribution in [2.45, 2.75) is 13.3 Å². The molecule has 1 aliphatic rings. The van der Waals surface area contributed by atoms with Crippen LogP contribution < -0.4 is 18.9 Å². The average Bonchev–Trinajstić information content (AvgIpc) is 2.17. The minimum atomic E-state index is 0. The molecule has 0 saturated carbocycles. The standard InChI is InChI=1S/C5H5.C3H6.Li/c1-2-4-5-3-1;1-3-2;/h1-3H,4H2;3H,1H2,2H3;/q-1;;+1. The molecule has 1 rings (SSSR count). The van der Waals surface area contributed by atoms with Gasteiger partial charge in [-0.25, -0.2) is 12.2 Å². The Kier molecular flexibility index (Phi) is 13.8. The van der Waals surface area contributed by atoms with Crippen LogP contribution in [0.15, 0.2) is 30.9 Å². The van der Waals surface area contributed by atoms with Crippen molar-refractivity contribution in [3.63, 3.8) is 0 Å². The zero-order valence-corrected chi connectivity index (χ0v) is 6.22. The maximum Gasteiger partial charge on any atom is 1.00 e. The fourth-order valence-electron chi connectivity index (χ4n) is 0.340. The van der Waals surface area contributed by atoms with Gasteiger partial charge in [-0.3, -0.25) is 6.08 Å². The van der Waals surface area contributed by atoms with E-state index in [0.717, 1.165) is 6.42 Å². The molecule has 0 aromatic heterocycles. The van der Waals surface area contributed by atoms with E-state index in [4.69, 9.17) is 0 Å². The third-order valence-corrected chi connectivity index (χ3v) is 0.586. The van der Waals surface area contributed by atoms with E-state index in [-0.39, 0.29) is 18.9 Å². The first-order valence-electron chi connectivity index (χ1n) is 2.70. The summed E-state index contributed by atoms with van der Waals surface area (Å²) in [6.45, 7) is 5.25. The zero-order valence-electron chi connectivity index (χ0n) is 6.22. The van der Waals surface area contributed by atoms with Crippen molar-refractivity contribution in [2.75, 3.05) is 0 Å². The third kappa shape index (κ3) is 11.4. The molecule has 0 aromatic rings. The molecule has 0 bridgehead atoms. The number of allylic oxidation sites excluding steroid dienone is 5. The Balaban J connectivity index is 0. The maximum absolute atomic E-state index is 3.36. The molecule has 0 amide bonds. The SMILES string of the molecule is C=CC.[C-]1=CC=CC1.[Li+]. The summed E-state index contributed by atoms with van der Waals surface area (Å²) in [6.07, 6.45) is 11.8. The molecular weight excluding hydrogens is 103 g/mol. The minimum absolute atomic E-state index is 0. The quantitative estimate of drug-likeness (QED) is 0.226. The van der Waals surface area contributed by atoms with Crippen molar-refractivity contribution >= 4 is 0 Å². The Labute approximate surface area is 69.5 Å². The molecule has 0 saturated heterocycles. The van der Waals surface area contributed by atoms with Gasteiger partial charge in [0.25, 0.3) is 0 Å². The van der Waals surface area contributed by atoms with Gasteiger partial charge >= 0.3 is 18.9 Å². The predicted octanol–water partition coefficient (Wildman–Crippen LogP) is -0.498. The first-order chi connectivity index (χ1) is 3.91. The monoisotopic (exact) mass is 114 g/mol. The summed E-state index contributed by atoms with van der Waals surface area (Å²) in [5, 5.41) is 0. The van der Waals surface area contributed by atoms with Crippen molar-refractivity contribution in [3.8, 4) is 0 Å². The molecule has 0 heterocycles. The van der Waals surface area contributed by atoms with Gasteiger partial charge < -0.3 is 0 Å². The van der Waals surface area contributed by atoms with E-state index in [0.29, 0.717) is 0 Å². The van der Waals surface area contributed by atoms with Gasteiger partial charge in [-0.05, 0) is 6.92 Å². The Morgan fingerprint density at radius 1 is 1.67 bits per heavy atom. The molecular formula is C8H11Li. The van der Waals surface area contributed by atoms with Crippen molar-refractivity contribution < 1.29 is 18.9 Å². The molecule has 0 aromatic carbocycles. The second kappa shape index (κ2) is 10.7. The van der Waals surface area contributed by atoms with Crippen LogP contribution in [0, 0.1) is 6.08 Å². The van der Waals surface area contributed by atoms with Gasteiger partial charge in [-0.2, -0.15) is 6.08 Å². The normalized spacial score (nSPS) is 11.2. The van der Waals surface area contributed by atoms with Gasteiger partial charge in [-0.15, -0.1) is 13.0 Å². The third-order valence-electron chi connectivity index (χ3n) is 0.586. The van der Waals surface area contributed by atoms with Crippen molar-refractivity contribution in [2.24, 2.45) is 0 Å². The largest absolute Gasteiger partial charge is 1.00 e. The molecule has 0 N–H and O–H groups in total. The number of rotatable bonds is 0. The second-order valence-electron chi connectivity index (χ2n) is 1.41. The summed E-state index contributed by atoms with van der Waals surface area (Å²) in [5.74, 6) is 0. The van der Waals surface area contributed by atoms with E-state index < -0.39 is 0 Å². The summed E-state index contributed by atoms with van der Waals surface area (Å²) in [7, 11) is 0. The van der Waals surface area contributed by atoms with Crippen LogP contribution in [0.5, 0.6) is 0 Å². The fraction of sp³-hybridized carbons (Fsp3) is 0.250. The van der Waals surface area contributed by atoms with Crippen LogP contribution in [-0.2, 0) is 0 Å². The molecule has 0 fully saturated rings. The van der Waals surface area contributed by atoms with Crippen LogP contribution in [0.3, 0.4) is 0 Å². The van der Waals surface area contributed by atoms with E-state index in [1.165, 1.54) is 0 Å². The van der Waals surface area contributed by atoms with Crippen LogP contribution in [-0.4, -0.2) is 0 Å². The first kappa shape index (κ1) is 11.6. The topological polar surface area (TPSA) is 0 Å². The van der Waals surface area contributed by atoms with Crippen LogP contribution >= 0.6 is 0 Å². The zero-order chi connectivity index (χ0) is 6.24. The predicted molar refractivity (Wildman–Crippen MR) is 37.4 cm³/mol. The summed E-state index contributed by atoms with van der Waals surface area (Å²) in [4.78, 5) is 0. The van der Waals surface area contributed by atoms with E-state index >= 15 is 0 Å². The molecule has 44 valence electrons. The smallest absolute Gasteiger partial charge is 0.273 e. The van der Waals surface area contributed by atoms with Crippen LogP contribution in [0.1, 0.15) is 13.3 Å². The second-order valence-corrected chi connectivity index (χ2v) is 1.41. The van der Waals surface area contributed by atoms with E-state index in [1.54, 1.807) is 6.08 Å². The number of hydrogen-bond acceptors (Lipinski definition) is 0. The Bertz CT molecular complexity index is 91.1. The fourth-order valence-corrected chi connectivity index (χ4v) is 0.340. The molecule has 9 heavy (non-hydrogen) atoms. The van der Waals surface area contributed by atoms with Crippen LogP contribution in [0.25, 0.3) is 0 Å². The van der Waals surface area contributed by atoms with E-state index in [2.05, 4.69) is 18.7 Å². The van der Waals surface area contributed by atoms with Gasteiger partial charge in [0.1, 0.15) is 0 Å². The van der Waals surface area contributed by atoms with Gasteiger partial charge in [0.15, 0.2) is 0 Å². The Morgan fingerprint density at radius 2 is 2.22 bits per heavy atom. The van der Waals surface area contributed by atoms with Gasteiger partial charge in [-0.1, -0.05) is 6.08 Å². The molecule has 1 aliphatic carbocycles. The first-order valence-corrected chi connectivity index (χ1v) is 2.70. The molecule has 1 heteroatoms. The molecule has 0 spiro atoms. The molecule has 0 nitrogen and oxygen atoms in total. The molecule has 0 radical (unpaired) electrons. The van der Waals surface area contributed by atoms with Crippen molar-refractivity contribution in [3.05, 3.63) is 37.0 Å². The summed E-state index contributed by atoms with van der Waals surface area (Å²) >= 11 is 0. The minimum Gasteiger partial charge on any atom is -0.273 e. The average molecular weight is 114 g/mol. The molecule has 0 aliphatic heterocycles. The van der Waals surface area contributed by atoms with Crippen LogP contribution in [0.4, 0.5) is 0 Å². The Morgan fingerprint density at radius 3 is 2.33 bits per heavy atom. The van der Waals surface area contributed by atoms with Gasteiger partial charge in [0.05, 0.1) is 0 Å². The van der Waals surface area contributed by atoms with Crippen LogP contribution in [0.2, 0.25) is 0 Å².